The van der Waals surface area contributed by atoms with Gasteiger partial charge < -0.3 is 8.85 Å². The van der Waals surface area contributed by atoms with E-state index in [-0.39, 0.29) is 6.10 Å². The molecule has 0 aliphatic rings. The fraction of sp³-hybridized carbons (Fsp3) is 0.600. The van der Waals surface area contributed by atoms with Crippen LogP contribution >= 0.6 is 0 Å². The average molecular weight is 469 g/mol. The number of unbranched alkanes of at least 4 members (excludes halogenated alkanes) is 8. The second kappa shape index (κ2) is 15.5. The van der Waals surface area contributed by atoms with E-state index in [1.165, 1.54) is 61.7 Å². The minimum absolute atomic E-state index is 0.153. The quantitative estimate of drug-likeness (QED) is 0.177. The Balaban J connectivity index is 2.13. The van der Waals surface area contributed by atoms with Crippen molar-refractivity contribution in [2.75, 3.05) is 6.61 Å². The van der Waals surface area contributed by atoms with Gasteiger partial charge in [-0.2, -0.15) is 0 Å². The summed E-state index contributed by atoms with van der Waals surface area (Å²) in [4.78, 5) is 0. The van der Waals surface area contributed by atoms with Crippen molar-refractivity contribution in [1.29, 1.82) is 0 Å². The van der Waals surface area contributed by atoms with Gasteiger partial charge in [-0.15, -0.1) is 0 Å². The molecule has 0 atom stereocenters. The van der Waals surface area contributed by atoms with Gasteiger partial charge in [0, 0.05) is 6.61 Å². The molecule has 3 heteroatoms. The minimum atomic E-state index is -2.83. The average Bonchev–Trinajstić information content (AvgIpc) is 2.83. The highest BCUT2D eigenvalue weighted by Gasteiger charge is 2.45. The Hall–Kier alpha value is -1.42. The van der Waals surface area contributed by atoms with Crippen molar-refractivity contribution in [3.05, 3.63) is 60.7 Å². The van der Waals surface area contributed by atoms with Crippen LogP contribution in [0.25, 0.3) is 0 Å². The highest BCUT2D eigenvalue weighted by molar-refractivity contribution is 6.92. The lowest BCUT2D eigenvalue weighted by Gasteiger charge is -2.38. The summed E-state index contributed by atoms with van der Waals surface area (Å²) in [6.07, 6.45) is 12.0. The summed E-state index contributed by atoms with van der Waals surface area (Å²) >= 11 is 0. The Bertz CT molecular complexity index is 682. The molecule has 2 rings (SSSR count). The van der Waals surface area contributed by atoms with Gasteiger partial charge in [-0.05, 0) is 28.6 Å². The number of hydrogen-bond acceptors (Lipinski definition) is 2. The molecule has 0 saturated heterocycles. The first-order valence-corrected chi connectivity index (χ1v) is 15.3. The van der Waals surface area contributed by atoms with Crippen molar-refractivity contribution in [2.24, 2.45) is 11.8 Å². The lowest BCUT2D eigenvalue weighted by atomic mass is 9.97. The second-order valence-electron chi connectivity index (χ2n) is 10.1. The summed E-state index contributed by atoms with van der Waals surface area (Å²) < 4.78 is 14.0. The van der Waals surface area contributed by atoms with Gasteiger partial charge in [-0.25, -0.2) is 0 Å². The third-order valence-corrected chi connectivity index (χ3v) is 9.88. The minimum Gasteiger partial charge on any atom is -0.388 e. The van der Waals surface area contributed by atoms with Crippen LogP contribution in [0.5, 0.6) is 0 Å². The predicted octanol–water partition coefficient (Wildman–Crippen LogP) is 7.49. The Kier molecular flexibility index (Phi) is 13.0. The summed E-state index contributed by atoms with van der Waals surface area (Å²) in [6, 6.07) is 21.4. The summed E-state index contributed by atoms with van der Waals surface area (Å²) in [7, 11) is -2.83. The Morgan fingerprint density at radius 2 is 1.03 bits per heavy atom. The maximum absolute atomic E-state index is 7.13. The van der Waals surface area contributed by atoms with Crippen molar-refractivity contribution in [3.8, 4) is 0 Å². The first kappa shape index (κ1) is 27.8. The first-order chi connectivity index (χ1) is 16.0. The van der Waals surface area contributed by atoms with Crippen LogP contribution in [-0.2, 0) is 8.85 Å². The first-order valence-electron chi connectivity index (χ1n) is 13.4. The van der Waals surface area contributed by atoms with E-state index < -0.39 is 8.56 Å². The third-order valence-electron chi connectivity index (χ3n) is 6.48. The lowest BCUT2D eigenvalue weighted by molar-refractivity contribution is 0.0630. The molecule has 0 heterocycles. The van der Waals surface area contributed by atoms with Crippen molar-refractivity contribution < 1.29 is 8.85 Å². The Morgan fingerprint density at radius 3 is 1.45 bits per heavy atom. The molecule has 0 radical (unpaired) electrons. The lowest BCUT2D eigenvalue weighted by Crippen LogP contribution is -2.65. The number of hydrogen-bond donors (Lipinski definition) is 0. The number of rotatable bonds is 17. The topological polar surface area (TPSA) is 18.5 Å². The molecule has 0 spiro atoms. The molecular weight excluding hydrogens is 420 g/mol. The van der Waals surface area contributed by atoms with E-state index in [0.29, 0.717) is 11.8 Å². The third kappa shape index (κ3) is 9.03. The zero-order valence-corrected chi connectivity index (χ0v) is 22.9. The summed E-state index contributed by atoms with van der Waals surface area (Å²) in [5.74, 6) is 0.862. The van der Waals surface area contributed by atoms with E-state index in [2.05, 4.69) is 95.3 Å². The molecule has 0 unspecified atom stereocenters. The molecule has 33 heavy (non-hydrogen) atoms. The molecule has 0 bridgehead atoms. The fourth-order valence-electron chi connectivity index (χ4n) is 4.68. The molecule has 0 amide bonds. The highest BCUT2D eigenvalue weighted by Crippen LogP contribution is 2.23. The summed E-state index contributed by atoms with van der Waals surface area (Å²) in [5.41, 5.74) is 0. The van der Waals surface area contributed by atoms with E-state index >= 15 is 0 Å². The number of benzene rings is 2. The zero-order valence-electron chi connectivity index (χ0n) is 21.9. The molecule has 0 aliphatic heterocycles. The van der Waals surface area contributed by atoms with E-state index in [1.54, 1.807) is 0 Å². The van der Waals surface area contributed by atoms with E-state index in [0.717, 1.165) is 13.0 Å². The van der Waals surface area contributed by atoms with Crippen LogP contribution in [-0.4, -0.2) is 21.3 Å². The van der Waals surface area contributed by atoms with Crippen LogP contribution in [0.2, 0.25) is 0 Å². The van der Waals surface area contributed by atoms with Crippen LogP contribution in [0.4, 0.5) is 0 Å². The highest BCUT2D eigenvalue weighted by atomic mass is 28.4. The van der Waals surface area contributed by atoms with E-state index in [1.807, 2.05) is 0 Å². The van der Waals surface area contributed by atoms with Crippen LogP contribution in [0.1, 0.15) is 92.4 Å². The van der Waals surface area contributed by atoms with Crippen molar-refractivity contribution >= 4 is 18.9 Å². The van der Waals surface area contributed by atoms with Gasteiger partial charge in [0.1, 0.15) is 0 Å². The van der Waals surface area contributed by atoms with Gasteiger partial charge in [0.25, 0.3) is 0 Å². The SMILES string of the molecule is CCCCCCCCCCCO[Si](OC(C(C)C)C(C)C)(c1ccccc1)c1ccccc1. The molecule has 2 aromatic carbocycles. The molecule has 2 nitrogen and oxygen atoms in total. The standard InChI is InChI=1S/C30H48O2Si/c1-6-7-8-9-10-11-12-13-20-25-31-33(28-21-16-14-17-22-28,29-23-18-15-19-24-29)32-30(26(2)3)27(4)5/h14-19,21-24,26-27,30H,6-13,20,25H2,1-5H3. The molecule has 0 fully saturated rings. The molecule has 2 aromatic rings. The van der Waals surface area contributed by atoms with Crippen LogP contribution in [0.3, 0.4) is 0 Å². The van der Waals surface area contributed by atoms with E-state index in [4.69, 9.17) is 8.85 Å². The van der Waals surface area contributed by atoms with Crippen molar-refractivity contribution in [3.63, 3.8) is 0 Å². The molecular formula is C30H48O2Si. The van der Waals surface area contributed by atoms with Crippen molar-refractivity contribution in [1.82, 2.24) is 0 Å². The molecule has 0 N–H and O–H groups in total. The van der Waals surface area contributed by atoms with Crippen LogP contribution in [0, 0.1) is 11.8 Å². The van der Waals surface area contributed by atoms with Gasteiger partial charge in [-0.1, -0.05) is 147 Å². The summed E-state index contributed by atoms with van der Waals surface area (Å²) in [6.45, 7) is 12.1. The maximum atomic E-state index is 7.13. The monoisotopic (exact) mass is 468 g/mol. The van der Waals surface area contributed by atoms with E-state index in [9.17, 15) is 0 Å². The smallest absolute Gasteiger partial charge is 0.388 e. The molecule has 184 valence electrons. The normalized spacial score (nSPS) is 12.2. The van der Waals surface area contributed by atoms with Gasteiger partial charge in [0.05, 0.1) is 6.10 Å². The van der Waals surface area contributed by atoms with Crippen LogP contribution in [0.15, 0.2) is 60.7 Å². The molecule has 0 aliphatic carbocycles. The van der Waals surface area contributed by atoms with Gasteiger partial charge in [0.15, 0.2) is 0 Å². The Morgan fingerprint density at radius 1 is 0.606 bits per heavy atom. The molecule has 0 aromatic heterocycles. The largest absolute Gasteiger partial charge is 0.407 e. The predicted molar refractivity (Wildman–Crippen MR) is 146 cm³/mol. The maximum Gasteiger partial charge on any atom is 0.407 e. The Labute approximate surface area is 205 Å². The van der Waals surface area contributed by atoms with Gasteiger partial charge in [-0.3, -0.25) is 0 Å². The molecule has 0 saturated carbocycles. The van der Waals surface area contributed by atoms with Gasteiger partial charge >= 0.3 is 8.56 Å². The fourth-order valence-corrected chi connectivity index (χ4v) is 8.31. The second-order valence-corrected chi connectivity index (χ2v) is 13.0. The van der Waals surface area contributed by atoms with Crippen molar-refractivity contribution in [2.45, 2.75) is 98.5 Å². The van der Waals surface area contributed by atoms with Gasteiger partial charge in [0.2, 0.25) is 0 Å². The van der Waals surface area contributed by atoms with Crippen LogP contribution < -0.4 is 10.4 Å². The zero-order chi connectivity index (χ0) is 23.9. The summed E-state index contributed by atoms with van der Waals surface area (Å²) in [5, 5.41) is 2.41.